The third-order valence-electron chi connectivity index (χ3n) is 3.75. The molecule has 1 N–H and O–H groups in total. The standard InChI is InChI=1S/C19H14N4O3S/c24-17(21-19-20-15(12-27-19)16-7-4-10-26-16)11-23-18(25)9-8-14(22-23)13-5-2-1-3-6-13/h1-10,12H,11H2,(H,20,21,24). The van der Waals surface area contributed by atoms with Crippen LogP contribution in [0, 0.1) is 0 Å². The Bertz CT molecular complexity index is 1120. The van der Waals surface area contributed by atoms with E-state index in [-0.39, 0.29) is 18.0 Å². The predicted octanol–water partition coefficient (Wildman–Crippen LogP) is 3.27. The van der Waals surface area contributed by atoms with Crippen molar-refractivity contribution in [3.05, 3.63) is 76.6 Å². The van der Waals surface area contributed by atoms with Crippen LogP contribution in [0.1, 0.15) is 0 Å². The molecule has 0 spiro atoms. The number of anilines is 1. The molecule has 0 radical (unpaired) electrons. The Morgan fingerprint density at radius 1 is 1.07 bits per heavy atom. The van der Waals surface area contributed by atoms with Gasteiger partial charge in [-0.2, -0.15) is 5.10 Å². The van der Waals surface area contributed by atoms with Gasteiger partial charge in [0.05, 0.1) is 12.0 Å². The highest BCUT2D eigenvalue weighted by Crippen LogP contribution is 2.25. The minimum atomic E-state index is -0.379. The van der Waals surface area contributed by atoms with Gasteiger partial charge in [-0.3, -0.25) is 9.59 Å². The lowest BCUT2D eigenvalue weighted by Crippen LogP contribution is -2.29. The van der Waals surface area contributed by atoms with Crippen molar-refractivity contribution in [1.82, 2.24) is 14.8 Å². The zero-order valence-electron chi connectivity index (χ0n) is 14.0. The second-order valence-corrected chi connectivity index (χ2v) is 6.50. The van der Waals surface area contributed by atoms with Crippen LogP contribution in [-0.2, 0) is 11.3 Å². The van der Waals surface area contributed by atoms with Crippen LogP contribution in [0.4, 0.5) is 5.13 Å². The third kappa shape index (κ3) is 3.85. The third-order valence-corrected chi connectivity index (χ3v) is 4.51. The fourth-order valence-electron chi connectivity index (χ4n) is 2.49. The van der Waals surface area contributed by atoms with E-state index in [2.05, 4.69) is 15.4 Å². The number of nitrogens with zero attached hydrogens (tertiary/aromatic N) is 3. The first-order valence-corrected chi connectivity index (χ1v) is 9.00. The molecule has 4 rings (SSSR count). The van der Waals surface area contributed by atoms with Crippen LogP contribution in [0.3, 0.4) is 0 Å². The Hall–Kier alpha value is -3.52. The molecule has 134 valence electrons. The van der Waals surface area contributed by atoms with E-state index < -0.39 is 0 Å². The van der Waals surface area contributed by atoms with Gasteiger partial charge in [-0.1, -0.05) is 30.3 Å². The molecule has 3 aromatic heterocycles. The predicted molar refractivity (Wildman–Crippen MR) is 102 cm³/mol. The Kier molecular flexibility index (Phi) is 4.63. The molecule has 0 saturated carbocycles. The number of aromatic nitrogens is 3. The number of benzene rings is 1. The summed E-state index contributed by atoms with van der Waals surface area (Å²) in [6.45, 7) is -0.199. The van der Waals surface area contributed by atoms with Crippen LogP contribution in [-0.4, -0.2) is 20.7 Å². The Morgan fingerprint density at radius 2 is 1.93 bits per heavy atom. The maximum atomic E-state index is 12.3. The van der Waals surface area contributed by atoms with E-state index in [9.17, 15) is 9.59 Å². The van der Waals surface area contributed by atoms with Gasteiger partial charge in [-0.15, -0.1) is 11.3 Å². The number of carbonyl (C=O) groups is 1. The molecule has 27 heavy (non-hydrogen) atoms. The summed E-state index contributed by atoms with van der Waals surface area (Å²) in [4.78, 5) is 28.7. The summed E-state index contributed by atoms with van der Waals surface area (Å²) < 4.78 is 6.42. The number of carbonyl (C=O) groups excluding carboxylic acids is 1. The molecule has 1 aromatic carbocycles. The number of nitrogens with one attached hydrogen (secondary N) is 1. The number of furan rings is 1. The van der Waals surface area contributed by atoms with Crippen LogP contribution in [0.15, 0.2) is 75.5 Å². The maximum Gasteiger partial charge on any atom is 0.267 e. The van der Waals surface area contributed by atoms with Crippen molar-refractivity contribution in [2.24, 2.45) is 0 Å². The highest BCUT2D eigenvalue weighted by molar-refractivity contribution is 7.14. The van der Waals surface area contributed by atoms with Crippen LogP contribution < -0.4 is 10.9 Å². The zero-order chi connectivity index (χ0) is 18.6. The van der Waals surface area contributed by atoms with Crippen molar-refractivity contribution in [3.63, 3.8) is 0 Å². The number of amides is 1. The highest BCUT2D eigenvalue weighted by Gasteiger charge is 2.12. The van der Waals surface area contributed by atoms with Crippen LogP contribution in [0.5, 0.6) is 0 Å². The minimum absolute atomic E-state index is 0.199. The lowest BCUT2D eigenvalue weighted by Gasteiger charge is -2.07. The average molecular weight is 378 g/mol. The van der Waals surface area contributed by atoms with Gasteiger partial charge in [0.25, 0.3) is 5.56 Å². The lowest BCUT2D eigenvalue weighted by atomic mass is 10.1. The number of rotatable bonds is 5. The first-order chi connectivity index (χ1) is 13.2. The minimum Gasteiger partial charge on any atom is -0.463 e. The van der Waals surface area contributed by atoms with E-state index in [1.54, 1.807) is 29.8 Å². The van der Waals surface area contributed by atoms with Gasteiger partial charge >= 0.3 is 0 Å². The summed E-state index contributed by atoms with van der Waals surface area (Å²) in [6.07, 6.45) is 1.56. The Morgan fingerprint density at radius 3 is 2.70 bits per heavy atom. The number of thiazole rings is 1. The fourth-order valence-corrected chi connectivity index (χ4v) is 3.20. The summed E-state index contributed by atoms with van der Waals surface area (Å²) in [5, 5.41) is 9.18. The molecule has 0 aliphatic heterocycles. The first kappa shape index (κ1) is 16.9. The summed E-state index contributed by atoms with van der Waals surface area (Å²) in [5.41, 5.74) is 1.79. The molecule has 0 atom stereocenters. The largest absolute Gasteiger partial charge is 0.463 e. The normalized spacial score (nSPS) is 10.7. The van der Waals surface area contributed by atoms with E-state index >= 15 is 0 Å². The molecular weight excluding hydrogens is 364 g/mol. The summed E-state index contributed by atoms with van der Waals surface area (Å²) in [6, 6.07) is 16.1. The van der Waals surface area contributed by atoms with Gasteiger partial charge in [-0.25, -0.2) is 9.67 Å². The quantitative estimate of drug-likeness (QED) is 0.576. The lowest BCUT2D eigenvalue weighted by molar-refractivity contribution is -0.117. The van der Waals surface area contributed by atoms with Crippen molar-refractivity contribution in [2.45, 2.75) is 6.54 Å². The van der Waals surface area contributed by atoms with E-state index in [1.165, 1.54) is 17.4 Å². The molecule has 0 fully saturated rings. The van der Waals surface area contributed by atoms with Crippen LogP contribution in [0.2, 0.25) is 0 Å². The Balaban J connectivity index is 1.49. The first-order valence-electron chi connectivity index (χ1n) is 8.12. The van der Waals surface area contributed by atoms with E-state index in [0.29, 0.717) is 22.3 Å². The number of hydrogen-bond donors (Lipinski definition) is 1. The topological polar surface area (TPSA) is 90.0 Å². The SMILES string of the molecule is O=C(Cn1nc(-c2ccccc2)ccc1=O)Nc1nc(-c2ccco2)cs1. The molecular formula is C19H14N4O3S. The van der Waals surface area contributed by atoms with Crippen molar-refractivity contribution in [3.8, 4) is 22.7 Å². The van der Waals surface area contributed by atoms with Gasteiger partial charge < -0.3 is 9.73 Å². The molecule has 0 aliphatic rings. The second-order valence-electron chi connectivity index (χ2n) is 5.64. The van der Waals surface area contributed by atoms with E-state index in [0.717, 1.165) is 10.2 Å². The zero-order valence-corrected chi connectivity index (χ0v) is 14.8. The van der Waals surface area contributed by atoms with Crippen molar-refractivity contribution in [1.29, 1.82) is 0 Å². The van der Waals surface area contributed by atoms with E-state index in [4.69, 9.17) is 4.42 Å². The van der Waals surface area contributed by atoms with Gasteiger partial charge in [-0.05, 0) is 18.2 Å². The summed E-state index contributed by atoms with van der Waals surface area (Å²) in [5.74, 6) is 0.246. The molecule has 7 nitrogen and oxygen atoms in total. The van der Waals surface area contributed by atoms with Gasteiger partial charge in [0.15, 0.2) is 10.9 Å². The van der Waals surface area contributed by atoms with Crippen LogP contribution in [0.25, 0.3) is 22.7 Å². The molecule has 8 heteroatoms. The van der Waals surface area contributed by atoms with Gasteiger partial charge in [0, 0.05) is 17.0 Å². The van der Waals surface area contributed by atoms with Crippen LogP contribution >= 0.6 is 11.3 Å². The molecule has 0 unspecified atom stereocenters. The summed E-state index contributed by atoms with van der Waals surface area (Å²) >= 11 is 1.28. The van der Waals surface area contributed by atoms with Crippen molar-refractivity contribution in [2.75, 3.05) is 5.32 Å². The monoisotopic (exact) mass is 378 g/mol. The second kappa shape index (κ2) is 7.38. The smallest absolute Gasteiger partial charge is 0.267 e. The molecule has 1 amide bonds. The van der Waals surface area contributed by atoms with Gasteiger partial charge in [0.2, 0.25) is 5.91 Å². The highest BCUT2D eigenvalue weighted by atomic mass is 32.1. The summed E-state index contributed by atoms with van der Waals surface area (Å²) in [7, 11) is 0. The van der Waals surface area contributed by atoms with E-state index in [1.807, 2.05) is 30.3 Å². The fraction of sp³-hybridized carbons (Fsp3) is 0.0526. The Labute approximate surface area is 157 Å². The van der Waals surface area contributed by atoms with Crippen molar-refractivity contribution >= 4 is 22.4 Å². The van der Waals surface area contributed by atoms with Gasteiger partial charge in [0.1, 0.15) is 12.2 Å². The molecule has 0 bridgehead atoms. The van der Waals surface area contributed by atoms with Crippen molar-refractivity contribution < 1.29 is 9.21 Å². The molecule has 0 saturated heterocycles. The molecule has 3 heterocycles. The molecule has 0 aliphatic carbocycles. The number of hydrogen-bond acceptors (Lipinski definition) is 6. The molecule has 4 aromatic rings. The average Bonchev–Trinajstić information content (AvgIpc) is 3.36. The maximum absolute atomic E-state index is 12.3.